The normalized spacial score (nSPS) is 9.88. The standard InChI is InChI=1S/C16H14O8/c1-3-11(17)23-13(24-12(18)4-2)8-9-6-5-7-10(15(19)20)14(9)16(21)22/h3-7,13H,1-2,8H2,(H,19,20)(H,21,22). The summed E-state index contributed by atoms with van der Waals surface area (Å²) in [4.78, 5) is 45.1. The second-order valence-electron chi connectivity index (χ2n) is 4.37. The molecular formula is C16H14O8. The minimum Gasteiger partial charge on any atom is -0.478 e. The summed E-state index contributed by atoms with van der Waals surface area (Å²) in [6, 6.07) is 3.77. The van der Waals surface area contributed by atoms with Gasteiger partial charge in [0, 0.05) is 18.6 Å². The van der Waals surface area contributed by atoms with Crippen LogP contribution in [0.25, 0.3) is 0 Å². The van der Waals surface area contributed by atoms with Crippen LogP contribution in [0.1, 0.15) is 26.3 Å². The first-order valence-corrected chi connectivity index (χ1v) is 6.54. The number of carboxylic acid groups (broad SMARTS) is 2. The van der Waals surface area contributed by atoms with Crippen molar-refractivity contribution >= 4 is 23.9 Å². The molecule has 0 spiro atoms. The second-order valence-corrected chi connectivity index (χ2v) is 4.37. The van der Waals surface area contributed by atoms with E-state index < -0.39 is 41.3 Å². The van der Waals surface area contributed by atoms with Crippen LogP contribution in [0.5, 0.6) is 0 Å². The number of carbonyl (C=O) groups is 4. The molecule has 8 nitrogen and oxygen atoms in total. The highest BCUT2D eigenvalue weighted by molar-refractivity contribution is 6.02. The lowest BCUT2D eigenvalue weighted by molar-refractivity contribution is -0.180. The molecule has 0 fully saturated rings. The Morgan fingerprint density at radius 1 is 1.00 bits per heavy atom. The molecule has 8 heteroatoms. The Labute approximate surface area is 136 Å². The molecule has 0 aliphatic rings. The summed E-state index contributed by atoms with van der Waals surface area (Å²) in [5, 5.41) is 18.3. The van der Waals surface area contributed by atoms with Gasteiger partial charge in [-0.05, 0) is 11.6 Å². The van der Waals surface area contributed by atoms with Gasteiger partial charge in [-0.2, -0.15) is 0 Å². The third-order valence-corrected chi connectivity index (χ3v) is 2.81. The number of hydrogen-bond donors (Lipinski definition) is 2. The van der Waals surface area contributed by atoms with Gasteiger partial charge in [-0.3, -0.25) is 0 Å². The number of benzene rings is 1. The molecule has 0 aliphatic heterocycles. The van der Waals surface area contributed by atoms with E-state index in [2.05, 4.69) is 13.2 Å². The topological polar surface area (TPSA) is 127 Å². The third kappa shape index (κ3) is 4.80. The Kier molecular flexibility index (Phi) is 6.42. The van der Waals surface area contributed by atoms with E-state index in [4.69, 9.17) is 14.6 Å². The summed E-state index contributed by atoms with van der Waals surface area (Å²) >= 11 is 0. The smallest absolute Gasteiger partial charge is 0.336 e. The van der Waals surface area contributed by atoms with Gasteiger partial charge in [0.1, 0.15) is 0 Å². The maximum Gasteiger partial charge on any atom is 0.336 e. The number of rotatable bonds is 8. The summed E-state index contributed by atoms with van der Waals surface area (Å²) < 4.78 is 9.65. The molecule has 0 saturated carbocycles. The average Bonchev–Trinajstić information content (AvgIpc) is 2.53. The predicted molar refractivity (Wildman–Crippen MR) is 80.4 cm³/mol. The van der Waals surface area contributed by atoms with E-state index in [9.17, 15) is 24.3 Å². The fourth-order valence-electron chi connectivity index (χ4n) is 1.84. The molecule has 126 valence electrons. The van der Waals surface area contributed by atoms with Crippen molar-refractivity contribution in [3.05, 3.63) is 60.2 Å². The van der Waals surface area contributed by atoms with Crippen molar-refractivity contribution in [2.24, 2.45) is 0 Å². The van der Waals surface area contributed by atoms with Gasteiger partial charge in [-0.1, -0.05) is 25.3 Å². The van der Waals surface area contributed by atoms with Crippen LogP contribution in [-0.4, -0.2) is 40.4 Å². The summed E-state index contributed by atoms with van der Waals surface area (Å²) in [7, 11) is 0. The number of ether oxygens (including phenoxy) is 2. The number of esters is 2. The van der Waals surface area contributed by atoms with Gasteiger partial charge in [0.2, 0.25) is 0 Å². The van der Waals surface area contributed by atoms with Crippen molar-refractivity contribution in [3.63, 3.8) is 0 Å². The van der Waals surface area contributed by atoms with Crippen LogP contribution in [0.3, 0.4) is 0 Å². The SMILES string of the molecule is C=CC(=O)OC(Cc1cccc(C(=O)O)c1C(=O)O)OC(=O)C=C. The first kappa shape index (κ1) is 18.6. The minimum absolute atomic E-state index is 0.0149. The molecule has 0 unspecified atom stereocenters. The van der Waals surface area contributed by atoms with Gasteiger partial charge in [0.05, 0.1) is 11.1 Å². The van der Waals surface area contributed by atoms with Gasteiger partial charge in [-0.15, -0.1) is 0 Å². The molecule has 1 aromatic carbocycles. The predicted octanol–water partition coefficient (Wildman–Crippen LogP) is 1.41. The lowest BCUT2D eigenvalue weighted by atomic mass is 9.98. The molecule has 0 saturated heterocycles. The zero-order valence-corrected chi connectivity index (χ0v) is 12.4. The van der Waals surface area contributed by atoms with Crippen LogP contribution >= 0.6 is 0 Å². The van der Waals surface area contributed by atoms with Crippen LogP contribution in [0.4, 0.5) is 0 Å². The first-order chi connectivity index (χ1) is 11.3. The molecule has 0 radical (unpaired) electrons. The van der Waals surface area contributed by atoms with E-state index in [0.717, 1.165) is 18.2 Å². The van der Waals surface area contributed by atoms with Crippen LogP contribution in [0, 0.1) is 0 Å². The highest BCUT2D eigenvalue weighted by Crippen LogP contribution is 2.19. The van der Waals surface area contributed by atoms with Crippen molar-refractivity contribution in [2.75, 3.05) is 0 Å². The Balaban J connectivity index is 3.23. The summed E-state index contributed by atoms with van der Waals surface area (Å²) in [6.07, 6.45) is -0.161. The zero-order chi connectivity index (χ0) is 18.3. The number of carbonyl (C=O) groups excluding carboxylic acids is 2. The lowest BCUT2D eigenvalue weighted by Gasteiger charge is -2.18. The van der Waals surface area contributed by atoms with Crippen LogP contribution in [-0.2, 0) is 25.5 Å². The lowest BCUT2D eigenvalue weighted by Crippen LogP contribution is -2.26. The van der Waals surface area contributed by atoms with Gasteiger partial charge < -0.3 is 19.7 Å². The van der Waals surface area contributed by atoms with E-state index in [0.29, 0.717) is 0 Å². The number of aromatic carboxylic acids is 2. The molecule has 1 aromatic rings. The van der Waals surface area contributed by atoms with Crippen LogP contribution in [0.15, 0.2) is 43.5 Å². The molecular weight excluding hydrogens is 320 g/mol. The van der Waals surface area contributed by atoms with Crippen molar-refractivity contribution in [1.82, 2.24) is 0 Å². The molecule has 0 amide bonds. The Morgan fingerprint density at radius 3 is 1.96 bits per heavy atom. The Bertz CT molecular complexity index is 682. The highest BCUT2D eigenvalue weighted by Gasteiger charge is 2.24. The summed E-state index contributed by atoms with van der Waals surface area (Å²) in [5.41, 5.74) is -0.913. The second kappa shape index (κ2) is 8.28. The molecule has 1 rings (SSSR count). The van der Waals surface area contributed by atoms with E-state index in [1.807, 2.05) is 0 Å². The van der Waals surface area contributed by atoms with Gasteiger partial charge in [-0.25, -0.2) is 19.2 Å². The fourth-order valence-corrected chi connectivity index (χ4v) is 1.84. The van der Waals surface area contributed by atoms with E-state index in [1.165, 1.54) is 12.1 Å². The van der Waals surface area contributed by atoms with Gasteiger partial charge in [0.25, 0.3) is 6.29 Å². The minimum atomic E-state index is -1.48. The highest BCUT2D eigenvalue weighted by atomic mass is 16.7. The average molecular weight is 334 g/mol. The van der Waals surface area contributed by atoms with Crippen LogP contribution in [0.2, 0.25) is 0 Å². The zero-order valence-electron chi connectivity index (χ0n) is 12.4. The van der Waals surface area contributed by atoms with Crippen molar-refractivity contribution in [1.29, 1.82) is 0 Å². The number of hydrogen-bond acceptors (Lipinski definition) is 6. The number of carboxylic acids is 2. The fraction of sp³-hybridized carbons (Fsp3) is 0.125. The molecule has 0 heterocycles. The van der Waals surface area contributed by atoms with Gasteiger partial charge >= 0.3 is 23.9 Å². The Hall–Kier alpha value is -3.42. The largest absolute Gasteiger partial charge is 0.478 e. The third-order valence-electron chi connectivity index (χ3n) is 2.81. The van der Waals surface area contributed by atoms with E-state index in [1.54, 1.807) is 0 Å². The quantitative estimate of drug-likeness (QED) is 0.415. The van der Waals surface area contributed by atoms with E-state index >= 15 is 0 Å². The summed E-state index contributed by atoms with van der Waals surface area (Å²) in [5.74, 6) is -4.71. The maximum absolute atomic E-state index is 11.4. The maximum atomic E-state index is 11.4. The molecule has 0 aromatic heterocycles. The van der Waals surface area contributed by atoms with E-state index in [-0.39, 0.29) is 12.0 Å². The van der Waals surface area contributed by atoms with Crippen molar-refractivity contribution in [3.8, 4) is 0 Å². The summed E-state index contributed by atoms with van der Waals surface area (Å²) in [6.45, 7) is 6.39. The molecule has 0 aliphatic carbocycles. The van der Waals surface area contributed by atoms with Crippen LogP contribution < -0.4 is 0 Å². The molecule has 24 heavy (non-hydrogen) atoms. The Morgan fingerprint density at radius 2 is 1.54 bits per heavy atom. The van der Waals surface area contributed by atoms with Crippen molar-refractivity contribution < 1.29 is 38.9 Å². The van der Waals surface area contributed by atoms with Gasteiger partial charge in [0.15, 0.2) is 0 Å². The molecule has 2 N–H and O–H groups in total. The first-order valence-electron chi connectivity index (χ1n) is 6.54. The molecule has 0 bridgehead atoms. The molecule has 0 atom stereocenters. The monoisotopic (exact) mass is 334 g/mol. The van der Waals surface area contributed by atoms with Crippen molar-refractivity contribution in [2.45, 2.75) is 12.7 Å².